The summed E-state index contributed by atoms with van der Waals surface area (Å²) in [7, 11) is -2.10. The van der Waals surface area contributed by atoms with Gasteiger partial charge in [0.1, 0.15) is 5.82 Å². The molecule has 0 unspecified atom stereocenters. The van der Waals surface area contributed by atoms with Crippen LogP contribution in [0.15, 0.2) is 140 Å². The van der Waals surface area contributed by atoms with Crippen molar-refractivity contribution in [1.82, 2.24) is 29.9 Å². The fourth-order valence-corrected chi connectivity index (χ4v) is 6.86. The molecule has 53 heavy (non-hydrogen) atoms. The molecule has 8 aromatic rings. The molecule has 0 aliphatic rings. The predicted molar refractivity (Wildman–Crippen MR) is 201 cm³/mol. The van der Waals surface area contributed by atoms with Crippen LogP contribution in [0.1, 0.15) is 5.69 Å². The van der Waals surface area contributed by atoms with Gasteiger partial charge in [-0.25, -0.2) is 31.8 Å². The molecule has 0 saturated carbocycles. The van der Waals surface area contributed by atoms with Crippen LogP contribution < -0.4 is 5.73 Å². The maximum atomic E-state index is 12.6. The Morgan fingerprint density at radius 3 is 1.57 bits per heavy atom. The highest BCUT2D eigenvalue weighted by Crippen LogP contribution is 2.26. The van der Waals surface area contributed by atoms with Crippen LogP contribution in [0.5, 0.6) is 0 Å². The second-order valence-electron chi connectivity index (χ2n) is 10.8. The molecular weight excluding hydrogens is 785 g/mol. The number of halogens is 3. The van der Waals surface area contributed by atoms with E-state index in [-0.39, 0.29) is 15.5 Å². The minimum absolute atomic E-state index is 0.0589. The van der Waals surface area contributed by atoms with E-state index in [4.69, 9.17) is 48.5 Å². The summed E-state index contributed by atoms with van der Waals surface area (Å²) in [5.74, 6) is 1.07. The van der Waals surface area contributed by atoms with E-state index in [1.165, 1.54) is 42.6 Å². The number of pyridine rings is 4. The number of hydrogen-bond acceptors (Lipinski definition) is 13. The van der Waals surface area contributed by atoms with E-state index in [1.807, 2.05) is 6.07 Å². The van der Waals surface area contributed by atoms with E-state index in [1.54, 1.807) is 73.2 Å². The van der Waals surface area contributed by atoms with Gasteiger partial charge in [-0.2, -0.15) is 9.97 Å². The summed E-state index contributed by atoms with van der Waals surface area (Å²) in [5.41, 5.74) is 9.74. The number of aromatic nitrogens is 6. The predicted octanol–water partition coefficient (Wildman–Crippen LogP) is 8.05. The Labute approximate surface area is 316 Å². The van der Waals surface area contributed by atoms with E-state index in [0.29, 0.717) is 61.4 Å². The van der Waals surface area contributed by atoms with Crippen molar-refractivity contribution < 1.29 is 25.7 Å². The summed E-state index contributed by atoms with van der Waals surface area (Å²) in [6.45, 7) is 0. The molecule has 18 heteroatoms. The fourth-order valence-electron chi connectivity index (χ4n) is 4.57. The van der Waals surface area contributed by atoms with Gasteiger partial charge in [0.05, 0.1) is 21.2 Å². The highest BCUT2D eigenvalue weighted by atomic mass is 35.7. The Balaban J connectivity index is 0.000000151. The van der Waals surface area contributed by atoms with Gasteiger partial charge in [-0.15, -0.1) is 0 Å². The van der Waals surface area contributed by atoms with E-state index < -0.39 is 18.9 Å². The quantitative estimate of drug-likeness (QED) is 0.159. The second kappa shape index (κ2) is 16.1. The lowest BCUT2D eigenvalue weighted by molar-refractivity contribution is 0.594. The number of fused-ring (bicyclic) bond motifs is 2. The third-order valence-electron chi connectivity index (χ3n) is 7.03. The third-order valence-corrected chi connectivity index (χ3v) is 10.6. The van der Waals surface area contributed by atoms with E-state index in [0.717, 1.165) is 5.56 Å². The fraction of sp³-hybridized carbons (Fsp3) is 0.0286. The SMILES string of the molecule is Nc1cc(-c2nc3ncccc3o2)ccn1.O=S(=O)(Cc1cc(-c2nc3ncccc3o2)ccn1)c1ccc(Cl)cc1.O=S(=O)(Cl)c1ccc(Cl)cc1. The van der Waals surface area contributed by atoms with Gasteiger partial charge < -0.3 is 14.6 Å². The van der Waals surface area contributed by atoms with Gasteiger partial charge >= 0.3 is 0 Å². The van der Waals surface area contributed by atoms with Crippen molar-refractivity contribution in [1.29, 1.82) is 0 Å². The minimum Gasteiger partial charge on any atom is -0.434 e. The molecule has 0 spiro atoms. The monoisotopic (exact) mass is 807 g/mol. The molecule has 0 amide bonds. The van der Waals surface area contributed by atoms with E-state index in [2.05, 4.69) is 29.9 Å². The first kappa shape index (κ1) is 37.3. The number of nitrogens with two attached hydrogens (primary N) is 1. The van der Waals surface area contributed by atoms with Crippen LogP contribution in [0.3, 0.4) is 0 Å². The van der Waals surface area contributed by atoms with Gasteiger partial charge in [0.2, 0.25) is 11.8 Å². The van der Waals surface area contributed by atoms with Crippen LogP contribution in [-0.4, -0.2) is 46.7 Å². The topological polar surface area (TPSA) is 198 Å². The van der Waals surface area contributed by atoms with Crippen molar-refractivity contribution in [3.63, 3.8) is 0 Å². The Bertz CT molecular complexity index is 2680. The summed E-state index contributed by atoms with van der Waals surface area (Å²) >= 11 is 11.3. The number of nitrogen functional groups attached to an aromatic ring is 1. The number of nitrogens with zero attached hydrogens (tertiary/aromatic N) is 6. The Morgan fingerprint density at radius 1 is 0.585 bits per heavy atom. The summed E-state index contributed by atoms with van der Waals surface area (Å²) in [4.78, 5) is 25.1. The lowest BCUT2D eigenvalue weighted by atomic mass is 10.2. The first-order valence-corrected chi connectivity index (χ1v) is 19.8. The number of sulfone groups is 1. The molecule has 0 saturated heterocycles. The molecule has 0 aliphatic heterocycles. The molecule has 0 atom stereocenters. The van der Waals surface area contributed by atoms with Crippen molar-refractivity contribution in [2.24, 2.45) is 0 Å². The van der Waals surface area contributed by atoms with Gasteiger partial charge in [-0.3, -0.25) is 4.98 Å². The zero-order valence-electron chi connectivity index (χ0n) is 26.9. The lowest BCUT2D eigenvalue weighted by Crippen LogP contribution is -2.06. The molecule has 13 nitrogen and oxygen atoms in total. The molecule has 6 aromatic heterocycles. The second-order valence-corrected chi connectivity index (χ2v) is 16.2. The average molecular weight is 809 g/mol. The number of anilines is 1. The standard InChI is InChI=1S/C18H12ClN3O3S.C11H8N4O.C6H4Cl2O2S/c19-13-3-5-15(6-4-13)26(23,24)11-14-10-12(7-9-20-14)18-22-17-16(25-18)2-1-8-21-17;12-9-6-7(3-5-13-9)11-15-10-8(16-11)2-1-4-14-10;7-5-1-3-6(4-2-5)11(8,9)10/h1-10H,11H2;1-6H,(H2,12,13);1-4H. The van der Waals surface area contributed by atoms with Crippen LogP contribution in [0, 0.1) is 0 Å². The van der Waals surface area contributed by atoms with Crippen LogP contribution in [-0.2, 0) is 24.6 Å². The maximum Gasteiger partial charge on any atom is 0.261 e. The van der Waals surface area contributed by atoms with Gasteiger partial charge in [0, 0.05) is 56.6 Å². The normalized spacial score (nSPS) is 11.4. The molecular formula is C35H24Cl3N7O6S2. The van der Waals surface area contributed by atoms with Gasteiger partial charge in [0.25, 0.3) is 9.05 Å². The summed E-state index contributed by atoms with van der Waals surface area (Å²) in [6.07, 6.45) is 6.46. The highest BCUT2D eigenvalue weighted by molar-refractivity contribution is 8.13. The summed E-state index contributed by atoms with van der Waals surface area (Å²) in [6, 6.07) is 25.7. The minimum atomic E-state index is -3.61. The molecule has 0 fully saturated rings. The third kappa shape index (κ3) is 9.71. The first-order chi connectivity index (χ1) is 25.3. The highest BCUT2D eigenvalue weighted by Gasteiger charge is 2.18. The Kier molecular flexibility index (Phi) is 11.3. The number of rotatable bonds is 6. The molecule has 0 aliphatic carbocycles. The molecule has 0 bridgehead atoms. The number of oxazole rings is 2. The van der Waals surface area contributed by atoms with E-state index in [9.17, 15) is 16.8 Å². The van der Waals surface area contributed by atoms with Crippen molar-refractivity contribution >= 4 is 81.1 Å². The molecule has 2 N–H and O–H groups in total. The Morgan fingerprint density at radius 2 is 1.08 bits per heavy atom. The van der Waals surface area contributed by atoms with Crippen molar-refractivity contribution in [3.8, 4) is 22.9 Å². The van der Waals surface area contributed by atoms with Crippen molar-refractivity contribution in [2.45, 2.75) is 15.5 Å². The maximum absolute atomic E-state index is 12.6. The van der Waals surface area contributed by atoms with Crippen molar-refractivity contribution in [2.75, 3.05) is 5.73 Å². The van der Waals surface area contributed by atoms with Gasteiger partial charge in [0.15, 0.2) is 32.3 Å². The molecule has 268 valence electrons. The van der Waals surface area contributed by atoms with Crippen LogP contribution in [0.4, 0.5) is 5.82 Å². The van der Waals surface area contributed by atoms with Crippen LogP contribution >= 0.6 is 33.9 Å². The lowest BCUT2D eigenvalue weighted by Gasteiger charge is -2.05. The van der Waals surface area contributed by atoms with Crippen LogP contribution in [0.25, 0.3) is 45.4 Å². The summed E-state index contributed by atoms with van der Waals surface area (Å²) < 4.78 is 57.7. The van der Waals surface area contributed by atoms with Crippen LogP contribution in [0.2, 0.25) is 10.0 Å². The zero-order valence-corrected chi connectivity index (χ0v) is 30.8. The van der Waals surface area contributed by atoms with E-state index >= 15 is 0 Å². The summed E-state index contributed by atoms with van der Waals surface area (Å²) in [5, 5.41) is 0.961. The molecule has 6 heterocycles. The zero-order chi connectivity index (χ0) is 37.6. The van der Waals surface area contributed by atoms with Gasteiger partial charge in [-0.05, 0) is 97.1 Å². The molecule has 8 rings (SSSR count). The number of benzene rings is 2. The molecule has 2 aromatic carbocycles. The van der Waals surface area contributed by atoms with Crippen molar-refractivity contribution in [3.05, 3.63) is 138 Å². The number of hydrogen-bond donors (Lipinski definition) is 1. The Hall–Kier alpha value is -5.45. The molecule has 0 radical (unpaired) electrons. The largest absolute Gasteiger partial charge is 0.434 e. The smallest absolute Gasteiger partial charge is 0.261 e. The van der Waals surface area contributed by atoms with Gasteiger partial charge in [-0.1, -0.05) is 23.2 Å². The first-order valence-electron chi connectivity index (χ1n) is 15.1. The average Bonchev–Trinajstić information content (AvgIpc) is 3.78.